The maximum Gasteiger partial charge on any atom is 0.339 e. The van der Waals surface area contributed by atoms with Gasteiger partial charge in [-0.2, -0.15) is 0 Å². The quantitative estimate of drug-likeness (QED) is 0.594. The minimum Gasteiger partial charge on any atom is -0.499 e. The monoisotopic (exact) mass is 227 g/mol. The number of nitrogens with zero attached hydrogens (tertiary/aromatic N) is 1. The summed E-state index contributed by atoms with van der Waals surface area (Å²) in [7, 11) is 0. The van der Waals surface area contributed by atoms with Crippen molar-refractivity contribution in [1.82, 2.24) is 0 Å². The molecule has 0 atom stereocenters. The van der Waals surface area contributed by atoms with Crippen LogP contribution >= 0.6 is 0 Å². The van der Waals surface area contributed by atoms with E-state index < -0.39 is 22.3 Å². The second-order valence-electron chi connectivity index (χ2n) is 2.81. The summed E-state index contributed by atoms with van der Waals surface area (Å²) in [5.74, 6) is -2.48. The molecule has 0 radical (unpaired) electrons. The summed E-state index contributed by atoms with van der Waals surface area (Å²) in [5, 5.41) is 28.8. The molecule has 7 heteroatoms. The lowest BCUT2D eigenvalue weighted by Gasteiger charge is -2.08. The van der Waals surface area contributed by atoms with Crippen LogP contribution in [0, 0.1) is 10.1 Å². The third-order valence-corrected chi connectivity index (χ3v) is 1.83. The van der Waals surface area contributed by atoms with Crippen LogP contribution in [0.4, 0.5) is 5.69 Å². The molecule has 0 fully saturated rings. The number of nitro groups is 1. The van der Waals surface area contributed by atoms with Crippen molar-refractivity contribution in [2.45, 2.75) is 6.92 Å². The van der Waals surface area contributed by atoms with Gasteiger partial charge in [0.1, 0.15) is 5.56 Å². The minimum atomic E-state index is -1.33. The predicted molar refractivity (Wildman–Crippen MR) is 52.9 cm³/mol. The van der Waals surface area contributed by atoms with Crippen molar-refractivity contribution in [1.29, 1.82) is 0 Å². The Morgan fingerprint density at radius 3 is 2.62 bits per heavy atom. The molecule has 16 heavy (non-hydrogen) atoms. The van der Waals surface area contributed by atoms with Crippen LogP contribution in [-0.4, -0.2) is 27.7 Å². The fourth-order valence-electron chi connectivity index (χ4n) is 1.17. The van der Waals surface area contributed by atoms with Crippen LogP contribution in [0.25, 0.3) is 0 Å². The number of ether oxygens (including phenoxy) is 1. The molecule has 0 aliphatic heterocycles. The molecule has 1 aromatic carbocycles. The molecule has 0 saturated heterocycles. The van der Waals surface area contributed by atoms with E-state index >= 15 is 0 Å². The summed E-state index contributed by atoms with van der Waals surface area (Å²) in [6.45, 7) is 1.67. The molecule has 0 aliphatic rings. The summed E-state index contributed by atoms with van der Waals surface area (Å²) in [4.78, 5) is 20.5. The highest BCUT2D eigenvalue weighted by atomic mass is 16.6. The summed E-state index contributed by atoms with van der Waals surface area (Å²) >= 11 is 0. The second kappa shape index (κ2) is 4.47. The lowest BCUT2D eigenvalue weighted by atomic mass is 10.1. The molecule has 0 amide bonds. The zero-order valence-electron chi connectivity index (χ0n) is 8.34. The number of benzene rings is 1. The van der Waals surface area contributed by atoms with E-state index in [1.54, 1.807) is 6.92 Å². The first-order chi connectivity index (χ1) is 7.49. The van der Waals surface area contributed by atoms with Crippen molar-refractivity contribution in [2.75, 3.05) is 6.61 Å². The maximum absolute atomic E-state index is 10.8. The van der Waals surface area contributed by atoms with E-state index in [9.17, 15) is 20.0 Å². The number of rotatable bonds is 4. The molecule has 0 heterocycles. The van der Waals surface area contributed by atoms with Gasteiger partial charge in [-0.25, -0.2) is 4.79 Å². The summed E-state index contributed by atoms with van der Waals surface area (Å²) < 4.78 is 4.88. The predicted octanol–water partition coefficient (Wildman–Crippen LogP) is 1.40. The van der Waals surface area contributed by atoms with Gasteiger partial charge in [-0.05, 0) is 13.0 Å². The minimum absolute atomic E-state index is 0.0923. The fourth-order valence-corrected chi connectivity index (χ4v) is 1.17. The van der Waals surface area contributed by atoms with E-state index in [-0.39, 0.29) is 17.9 Å². The number of aromatic hydroxyl groups is 1. The van der Waals surface area contributed by atoms with Crippen LogP contribution in [0.3, 0.4) is 0 Å². The number of aromatic carboxylic acids is 1. The standard InChI is InChI=1S/C9H9NO6/c1-2-16-8-5(9(12)13)3-4-6(7(8)11)10(14)15/h3-4,11H,2H2,1H3,(H,12,13). The topological polar surface area (TPSA) is 110 Å². The van der Waals surface area contributed by atoms with Crippen LogP contribution in [0.2, 0.25) is 0 Å². The van der Waals surface area contributed by atoms with Crippen LogP contribution in [0.5, 0.6) is 11.5 Å². The van der Waals surface area contributed by atoms with Gasteiger partial charge in [0, 0.05) is 6.07 Å². The van der Waals surface area contributed by atoms with Crippen LogP contribution in [0.15, 0.2) is 12.1 Å². The average Bonchev–Trinajstić information content (AvgIpc) is 2.20. The molecule has 0 saturated carbocycles. The number of carboxylic acids is 1. The van der Waals surface area contributed by atoms with Crippen molar-refractivity contribution in [3.8, 4) is 11.5 Å². The highest BCUT2D eigenvalue weighted by Crippen LogP contribution is 2.38. The molecule has 86 valence electrons. The van der Waals surface area contributed by atoms with E-state index in [4.69, 9.17) is 9.84 Å². The van der Waals surface area contributed by atoms with Crippen molar-refractivity contribution in [2.24, 2.45) is 0 Å². The molecule has 0 unspecified atom stereocenters. The molecule has 0 aliphatic carbocycles. The average molecular weight is 227 g/mol. The lowest BCUT2D eigenvalue weighted by molar-refractivity contribution is -0.386. The highest BCUT2D eigenvalue weighted by Gasteiger charge is 2.24. The smallest absolute Gasteiger partial charge is 0.339 e. The van der Waals surface area contributed by atoms with Crippen LogP contribution < -0.4 is 4.74 Å². The van der Waals surface area contributed by atoms with Crippen molar-refractivity contribution in [3.63, 3.8) is 0 Å². The van der Waals surface area contributed by atoms with Gasteiger partial charge in [-0.3, -0.25) is 10.1 Å². The third-order valence-electron chi connectivity index (χ3n) is 1.83. The van der Waals surface area contributed by atoms with E-state index in [0.717, 1.165) is 12.1 Å². The Labute approximate surface area is 90.0 Å². The first kappa shape index (κ1) is 11.8. The molecule has 1 aromatic rings. The molecular weight excluding hydrogens is 218 g/mol. The van der Waals surface area contributed by atoms with Gasteiger partial charge in [0.2, 0.25) is 5.75 Å². The van der Waals surface area contributed by atoms with Gasteiger partial charge < -0.3 is 14.9 Å². The molecule has 0 bridgehead atoms. The zero-order chi connectivity index (χ0) is 12.3. The maximum atomic E-state index is 10.8. The van der Waals surface area contributed by atoms with E-state index in [2.05, 4.69) is 0 Å². The fraction of sp³-hybridized carbons (Fsp3) is 0.222. The molecule has 1 rings (SSSR count). The zero-order valence-corrected chi connectivity index (χ0v) is 8.34. The van der Waals surface area contributed by atoms with Gasteiger partial charge in [-0.15, -0.1) is 0 Å². The number of phenolic OH excluding ortho intramolecular Hbond substituents is 1. The Bertz CT molecular complexity index is 442. The molecule has 7 nitrogen and oxygen atoms in total. The summed E-state index contributed by atoms with van der Waals surface area (Å²) in [6.07, 6.45) is 0. The van der Waals surface area contributed by atoms with Crippen LogP contribution in [0.1, 0.15) is 17.3 Å². The molecule has 0 aromatic heterocycles. The second-order valence-corrected chi connectivity index (χ2v) is 2.81. The molecule has 0 spiro atoms. The normalized spacial score (nSPS) is 9.81. The SMILES string of the molecule is CCOc1c(C(=O)O)ccc([N+](=O)[O-])c1O. The number of phenols is 1. The number of carboxylic acid groups (broad SMARTS) is 1. The van der Waals surface area contributed by atoms with E-state index in [1.807, 2.05) is 0 Å². The Morgan fingerprint density at radius 1 is 1.56 bits per heavy atom. The number of nitro benzene ring substituents is 1. The van der Waals surface area contributed by atoms with Gasteiger partial charge in [0.25, 0.3) is 0 Å². The Kier molecular flexibility index (Phi) is 3.29. The Balaban J connectivity index is 3.41. The van der Waals surface area contributed by atoms with Gasteiger partial charge in [0.05, 0.1) is 11.5 Å². The Morgan fingerprint density at radius 2 is 2.19 bits per heavy atom. The van der Waals surface area contributed by atoms with Gasteiger partial charge in [0.15, 0.2) is 5.75 Å². The first-order valence-corrected chi connectivity index (χ1v) is 4.35. The van der Waals surface area contributed by atoms with E-state index in [1.165, 1.54) is 0 Å². The largest absolute Gasteiger partial charge is 0.499 e. The van der Waals surface area contributed by atoms with Crippen molar-refractivity contribution < 1.29 is 24.7 Å². The molecule has 2 N–H and O–H groups in total. The summed E-state index contributed by atoms with van der Waals surface area (Å²) in [5.41, 5.74) is -0.904. The van der Waals surface area contributed by atoms with Gasteiger partial charge >= 0.3 is 11.7 Å². The number of hydrogen-bond acceptors (Lipinski definition) is 5. The van der Waals surface area contributed by atoms with Gasteiger partial charge in [-0.1, -0.05) is 0 Å². The van der Waals surface area contributed by atoms with Crippen molar-refractivity contribution in [3.05, 3.63) is 27.8 Å². The lowest BCUT2D eigenvalue weighted by Crippen LogP contribution is -2.04. The number of hydrogen-bond donors (Lipinski definition) is 2. The summed E-state index contributed by atoms with van der Waals surface area (Å²) in [6, 6.07) is 1.94. The molecular formula is C9H9NO6. The Hall–Kier alpha value is -2.31. The van der Waals surface area contributed by atoms with Crippen LogP contribution in [-0.2, 0) is 0 Å². The highest BCUT2D eigenvalue weighted by molar-refractivity contribution is 5.93. The van der Waals surface area contributed by atoms with Crippen molar-refractivity contribution >= 4 is 11.7 Å². The first-order valence-electron chi connectivity index (χ1n) is 4.35. The number of carbonyl (C=O) groups is 1. The third kappa shape index (κ3) is 2.02. The van der Waals surface area contributed by atoms with E-state index in [0.29, 0.717) is 0 Å².